The van der Waals surface area contributed by atoms with Gasteiger partial charge in [0.05, 0.1) is 24.6 Å². The number of halogens is 1. The molecule has 1 atom stereocenters. The van der Waals surface area contributed by atoms with E-state index in [0.29, 0.717) is 29.2 Å². The van der Waals surface area contributed by atoms with Gasteiger partial charge in [-0.05, 0) is 37.3 Å². The number of carbonyl (C=O) groups excluding carboxylic acids is 1. The monoisotopic (exact) mass is 339 g/mol. The van der Waals surface area contributed by atoms with Gasteiger partial charge in [-0.15, -0.1) is 4.80 Å². The molecular weight excluding hydrogens is 325 g/mol. The van der Waals surface area contributed by atoms with E-state index in [0.717, 1.165) is 0 Å². The van der Waals surface area contributed by atoms with Crippen molar-refractivity contribution >= 4 is 11.8 Å². The number of hydrogen-bond acceptors (Lipinski definition) is 5. The lowest BCUT2D eigenvalue weighted by Crippen LogP contribution is -2.24. The van der Waals surface area contributed by atoms with Gasteiger partial charge in [0.25, 0.3) is 0 Å². The maximum atomic E-state index is 14.6. The first-order valence-corrected chi connectivity index (χ1v) is 7.72. The Morgan fingerprint density at radius 2 is 2.00 bits per heavy atom. The number of amides is 1. The zero-order chi connectivity index (χ0) is 17.4. The van der Waals surface area contributed by atoms with Gasteiger partial charge in [0.2, 0.25) is 0 Å². The molecule has 0 spiro atoms. The fraction of sp³-hybridized carbons (Fsp3) is 0.176. The van der Waals surface area contributed by atoms with Crippen molar-refractivity contribution in [1.82, 2.24) is 20.0 Å². The first-order chi connectivity index (χ1) is 12.1. The Balaban J connectivity index is 1.62. The van der Waals surface area contributed by atoms with Gasteiger partial charge < -0.3 is 4.74 Å². The molecule has 0 saturated carbocycles. The Morgan fingerprint density at radius 3 is 2.60 bits per heavy atom. The van der Waals surface area contributed by atoms with E-state index in [-0.39, 0.29) is 6.10 Å². The van der Waals surface area contributed by atoms with Crippen molar-refractivity contribution in [2.45, 2.75) is 13.0 Å². The molecule has 1 aliphatic rings. The largest absolute Gasteiger partial charge is 0.444 e. The molecule has 3 aromatic rings. The molecule has 1 amide bonds. The minimum absolute atomic E-state index is 0.206. The smallest absolute Gasteiger partial charge is 0.414 e. The number of pyridine rings is 1. The summed E-state index contributed by atoms with van der Waals surface area (Å²) in [6.45, 7) is 2.20. The van der Waals surface area contributed by atoms with E-state index in [1.54, 1.807) is 49.8 Å². The molecule has 0 bridgehead atoms. The Labute approximate surface area is 142 Å². The van der Waals surface area contributed by atoms with Gasteiger partial charge in [0, 0.05) is 17.3 Å². The molecule has 0 N–H and O–H groups in total. The minimum Gasteiger partial charge on any atom is -0.444 e. The van der Waals surface area contributed by atoms with Crippen LogP contribution in [0.5, 0.6) is 0 Å². The molecule has 1 saturated heterocycles. The Hall–Kier alpha value is -3.29. The second-order valence-corrected chi connectivity index (χ2v) is 5.69. The number of carbonyl (C=O) groups is 1. The molecule has 8 heteroatoms. The van der Waals surface area contributed by atoms with Gasteiger partial charge in [0.15, 0.2) is 5.82 Å². The molecule has 1 aromatic carbocycles. The van der Waals surface area contributed by atoms with Gasteiger partial charge in [0.1, 0.15) is 11.9 Å². The maximum absolute atomic E-state index is 14.6. The molecule has 0 unspecified atom stereocenters. The zero-order valence-corrected chi connectivity index (χ0v) is 13.3. The van der Waals surface area contributed by atoms with E-state index in [2.05, 4.69) is 15.2 Å². The lowest BCUT2D eigenvalue weighted by atomic mass is 10.1. The van der Waals surface area contributed by atoms with Gasteiger partial charge >= 0.3 is 6.09 Å². The number of cyclic esters (lactones) is 1. The van der Waals surface area contributed by atoms with E-state index < -0.39 is 11.9 Å². The van der Waals surface area contributed by atoms with Crippen LogP contribution in [0.2, 0.25) is 0 Å². The minimum atomic E-state index is -0.461. The summed E-state index contributed by atoms with van der Waals surface area (Å²) in [5, 5.41) is 7.99. The number of benzene rings is 1. The predicted molar refractivity (Wildman–Crippen MR) is 87.8 cm³/mol. The lowest BCUT2D eigenvalue weighted by Gasteiger charge is -2.14. The Morgan fingerprint density at radius 1 is 1.20 bits per heavy atom. The highest BCUT2D eigenvalue weighted by atomic mass is 19.1. The Kier molecular flexibility index (Phi) is 3.64. The molecular formula is C17H14FN5O2. The van der Waals surface area contributed by atoms with Crippen LogP contribution in [-0.4, -0.2) is 38.7 Å². The molecule has 7 nitrogen and oxygen atoms in total. The van der Waals surface area contributed by atoms with E-state index in [1.165, 1.54) is 15.8 Å². The third-order valence-electron chi connectivity index (χ3n) is 3.91. The summed E-state index contributed by atoms with van der Waals surface area (Å²) in [5.41, 5.74) is 1.50. The van der Waals surface area contributed by atoms with Crippen molar-refractivity contribution in [3.05, 3.63) is 54.7 Å². The van der Waals surface area contributed by atoms with Crippen LogP contribution in [0.3, 0.4) is 0 Å². The average Bonchev–Trinajstić information content (AvgIpc) is 3.25. The van der Waals surface area contributed by atoms with Gasteiger partial charge in [-0.25, -0.2) is 14.2 Å². The summed E-state index contributed by atoms with van der Waals surface area (Å²) in [6.07, 6.45) is 4.00. The van der Waals surface area contributed by atoms with Crippen LogP contribution in [0, 0.1) is 5.82 Å². The van der Waals surface area contributed by atoms with Crippen LogP contribution in [-0.2, 0) is 4.74 Å². The van der Waals surface area contributed by atoms with E-state index in [9.17, 15) is 9.18 Å². The van der Waals surface area contributed by atoms with Crippen LogP contribution in [0.1, 0.15) is 6.92 Å². The molecule has 0 aliphatic carbocycles. The van der Waals surface area contributed by atoms with Crippen molar-refractivity contribution in [1.29, 1.82) is 0 Å². The van der Waals surface area contributed by atoms with E-state index >= 15 is 0 Å². The van der Waals surface area contributed by atoms with Crippen molar-refractivity contribution < 1.29 is 13.9 Å². The highest BCUT2D eigenvalue weighted by molar-refractivity contribution is 5.90. The van der Waals surface area contributed by atoms with Crippen molar-refractivity contribution in [2.75, 3.05) is 11.4 Å². The van der Waals surface area contributed by atoms with E-state index in [1.807, 2.05) is 0 Å². The van der Waals surface area contributed by atoms with Crippen LogP contribution < -0.4 is 4.90 Å². The van der Waals surface area contributed by atoms with Crippen LogP contribution in [0.4, 0.5) is 14.9 Å². The summed E-state index contributed by atoms with van der Waals surface area (Å²) in [6, 6.07) is 8.11. The highest BCUT2D eigenvalue weighted by Crippen LogP contribution is 2.28. The summed E-state index contributed by atoms with van der Waals surface area (Å²) >= 11 is 0. The summed E-state index contributed by atoms with van der Waals surface area (Å²) in [4.78, 5) is 18.8. The van der Waals surface area contributed by atoms with E-state index in [4.69, 9.17) is 4.74 Å². The van der Waals surface area contributed by atoms with Gasteiger partial charge in [-0.3, -0.25) is 4.90 Å². The number of anilines is 1. The maximum Gasteiger partial charge on any atom is 0.414 e. The van der Waals surface area contributed by atoms with Gasteiger partial charge in [-0.1, -0.05) is 0 Å². The molecule has 1 aliphatic heterocycles. The number of rotatable bonds is 3. The number of aromatic nitrogens is 4. The average molecular weight is 339 g/mol. The summed E-state index contributed by atoms with van der Waals surface area (Å²) in [5.74, 6) is 0.108. The lowest BCUT2D eigenvalue weighted by molar-refractivity contribution is 0.150. The van der Waals surface area contributed by atoms with Crippen LogP contribution in [0.15, 0.2) is 48.9 Å². The molecule has 1 fully saturated rings. The topological polar surface area (TPSA) is 73.1 Å². The molecule has 2 aromatic heterocycles. The quantitative estimate of drug-likeness (QED) is 0.734. The third kappa shape index (κ3) is 2.82. The SMILES string of the molecule is C[C@H]1CN(c2ccc(-c3ccc(-n4nccn4)nc3)c(F)c2)C(=O)O1. The zero-order valence-electron chi connectivity index (χ0n) is 13.3. The fourth-order valence-electron chi connectivity index (χ4n) is 2.72. The molecule has 25 heavy (non-hydrogen) atoms. The number of nitrogens with zero attached hydrogens (tertiary/aromatic N) is 5. The number of ether oxygens (including phenoxy) is 1. The summed E-state index contributed by atoms with van der Waals surface area (Å²) < 4.78 is 19.6. The van der Waals surface area contributed by atoms with Crippen LogP contribution >= 0.6 is 0 Å². The van der Waals surface area contributed by atoms with Crippen molar-refractivity contribution in [2.24, 2.45) is 0 Å². The third-order valence-corrected chi connectivity index (χ3v) is 3.91. The standard InChI is InChI=1S/C17H14FN5O2/c1-11-10-22(17(24)25-11)13-3-4-14(15(18)8-13)12-2-5-16(19-9-12)23-20-6-7-21-23/h2-9,11H,10H2,1H3/t11-/m0/s1. The fourth-order valence-corrected chi connectivity index (χ4v) is 2.72. The second-order valence-electron chi connectivity index (χ2n) is 5.69. The molecule has 4 rings (SSSR count). The van der Waals surface area contributed by atoms with Gasteiger partial charge in [-0.2, -0.15) is 10.2 Å². The molecule has 0 radical (unpaired) electrons. The highest BCUT2D eigenvalue weighted by Gasteiger charge is 2.29. The van der Waals surface area contributed by atoms with Crippen LogP contribution in [0.25, 0.3) is 16.9 Å². The van der Waals surface area contributed by atoms with Crippen molar-refractivity contribution in [3.8, 4) is 16.9 Å². The first-order valence-electron chi connectivity index (χ1n) is 7.72. The molecule has 3 heterocycles. The first kappa shape index (κ1) is 15.3. The molecule has 126 valence electrons. The van der Waals surface area contributed by atoms with Crippen molar-refractivity contribution in [3.63, 3.8) is 0 Å². The normalized spacial score (nSPS) is 17.0. The second kappa shape index (κ2) is 5.97. The summed E-state index contributed by atoms with van der Waals surface area (Å²) in [7, 11) is 0. The Bertz CT molecular complexity index is 911. The predicted octanol–water partition coefficient (Wildman–Crippen LogP) is 2.81. The number of hydrogen-bond donors (Lipinski definition) is 0.